The molecule has 190 valence electrons. The molecule has 0 bridgehead atoms. The zero-order valence-corrected chi connectivity index (χ0v) is 19.9. The van der Waals surface area contributed by atoms with Crippen LogP contribution >= 0.6 is 0 Å². The molecule has 2 aliphatic heterocycles. The summed E-state index contributed by atoms with van der Waals surface area (Å²) in [6.45, 7) is 5.91. The minimum absolute atomic E-state index is 0.0929. The number of alkyl halides is 3. The van der Waals surface area contributed by atoms with E-state index in [0.717, 1.165) is 51.0 Å². The molecule has 0 spiro atoms. The minimum atomic E-state index is -4.41. The lowest BCUT2D eigenvalue weighted by Crippen LogP contribution is -2.54. The number of methoxy groups -OCH3 is 1. The maximum atomic E-state index is 13.7. The van der Waals surface area contributed by atoms with Gasteiger partial charge in [-0.1, -0.05) is 6.92 Å². The summed E-state index contributed by atoms with van der Waals surface area (Å²) in [5.41, 5.74) is -1.27. The molecular weight excluding hydrogens is 449 g/mol. The fourth-order valence-corrected chi connectivity index (χ4v) is 5.60. The highest BCUT2D eigenvalue weighted by atomic mass is 19.4. The van der Waals surface area contributed by atoms with Crippen LogP contribution in [0.25, 0.3) is 0 Å². The van der Waals surface area contributed by atoms with Crippen LogP contribution in [0.3, 0.4) is 0 Å². The summed E-state index contributed by atoms with van der Waals surface area (Å²) in [4.78, 5) is 21.4. The molecule has 2 saturated heterocycles. The first-order valence-electron chi connectivity index (χ1n) is 12.1. The van der Waals surface area contributed by atoms with Crippen LogP contribution in [0.4, 0.5) is 19.0 Å². The predicted molar refractivity (Wildman–Crippen MR) is 122 cm³/mol. The van der Waals surface area contributed by atoms with Crippen molar-refractivity contribution in [2.45, 2.75) is 50.9 Å². The number of halogens is 3. The normalized spacial score (nSPS) is 30.6. The highest BCUT2D eigenvalue weighted by Crippen LogP contribution is 2.41. The standard InChI is InChI=1S/C24H35F3N4O3/c1-17-15-34-12-5-20(17)29-19-3-6-23(14-19,16-33-2)22(32)31-10-8-30(9-11-31)21-13-18(4-7-28-21)24(25,26)27/h4,7,13,17,19-20,29H,3,5-6,8-12,14-16H2,1-2H3/t17?,19-,20?,23+/m1/s1. The lowest BCUT2D eigenvalue weighted by molar-refractivity contribution is -0.145. The number of hydrogen-bond donors (Lipinski definition) is 1. The van der Waals surface area contributed by atoms with E-state index in [1.807, 2.05) is 9.80 Å². The monoisotopic (exact) mass is 484 g/mol. The van der Waals surface area contributed by atoms with Crippen LogP contribution in [0.5, 0.6) is 0 Å². The number of carbonyl (C=O) groups excluding carboxylic acids is 1. The third kappa shape index (κ3) is 5.49. The average Bonchev–Trinajstić information content (AvgIpc) is 3.23. The van der Waals surface area contributed by atoms with Gasteiger partial charge in [0.2, 0.25) is 5.91 Å². The molecule has 0 aromatic carbocycles. The third-order valence-electron chi connectivity index (χ3n) is 7.54. The Kier molecular flexibility index (Phi) is 7.69. The quantitative estimate of drug-likeness (QED) is 0.670. The molecule has 1 N–H and O–H groups in total. The van der Waals surface area contributed by atoms with Crippen molar-refractivity contribution < 1.29 is 27.4 Å². The molecule has 10 heteroatoms. The van der Waals surface area contributed by atoms with E-state index in [2.05, 4.69) is 17.2 Å². The van der Waals surface area contributed by atoms with Gasteiger partial charge in [-0.15, -0.1) is 0 Å². The first-order chi connectivity index (χ1) is 16.2. The molecule has 3 heterocycles. The van der Waals surface area contributed by atoms with Gasteiger partial charge in [-0.05, 0) is 43.7 Å². The van der Waals surface area contributed by atoms with Crippen LogP contribution in [0.2, 0.25) is 0 Å². The number of rotatable bonds is 6. The average molecular weight is 485 g/mol. The highest BCUT2D eigenvalue weighted by molar-refractivity contribution is 5.83. The number of carbonyl (C=O) groups is 1. The van der Waals surface area contributed by atoms with Crippen LogP contribution in [0.15, 0.2) is 18.3 Å². The summed E-state index contributed by atoms with van der Waals surface area (Å²) in [7, 11) is 1.63. The van der Waals surface area contributed by atoms with Crippen molar-refractivity contribution in [3.8, 4) is 0 Å². The van der Waals surface area contributed by atoms with E-state index in [1.54, 1.807) is 7.11 Å². The Bertz CT molecular complexity index is 847. The van der Waals surface area contributed by atoms with Crippen LogP contribution in [-0.2, 0) is 20.4 Å². The molecule has 3 fully saturated rings. The summed E-state index contributed by atoms with van der Waals surface area (Å²) in [5.74, 6) is 0.832. The Balaban J connectivity index is 1.37. The van der Waals surface area contributed by atoms with E-state index in [0.29, 0.717) is 50.6 Å². The number of nitrogens with zero attached hydrogens (tertiary/aromatic N) is 3. The van der Waals surface area contributed by atoms with Gasteiger partial charge in [-0.2, -0.15) is 13.2 Å². The topological polar surface area (TPSA) is 66.9 Å². The molecule has 4 atom stereocenters. The van der Waals surface area contributed by atoms with Crippen LogP contribution < -0.4 is 10.2 Å². The van der Waals surface area contributed by atoms with E-state index < -0.39 is 17.2 Å². The van der Waals surface area contributed by atoms with Crippen molar-refractivity contribution in [3.05, 3.63) is 23.9 Å². The van der Waals surface area contributed by atoms with Crippen LogP contribution in [-0.4, -0.2) is 81.0 Å². The zero-order valence-electron chi connectivity index (χ0n) is 19.9. The second-order valence-corrected chi connectivity index (χ2v) is 9.95. The number of anilines is 1. The van der Waals surface area contributed by atoms with Crippen molar-refractivity contribution in [3.63, 3.8) is 0 Å². The lowest BCUT2D eigenvalue weighted by atomic mass is 9.84. The molecule has 1 aromatic rings. The smallest absolute Gasteiger partial charge is 0.384 e. The number of piperazine rings is 1. The fourth-order valence-electron chi connectivity index (χ4n) is 5.60. The highest BCUT2D eigenvalue weighted by Gasteiger charge is 2.48. The predicted octanol–water partition coefficient (Wildman–Crippen LogP) is 2.95. The van der Waals surface area contributed by atoms with Crippen LogP contribution in [0.1, 0.15) is 38.2 Å². The Labute approximate surface area is 199 Å². The molecule has 0 radical (unpaired) electrons. The number of nitrogens with one attached hydrogen (secondary N) is 1. The second kappa shape index (κ2) is 10.4. The number of amides is 1. The van der Waals surface area contributed by atoms with Crippen molar-refractivity contribution in [2.75, 3.05) is 58.0 Å². The number of pyridine rings is 1. The molecular formula is C24H35F3N4O3. The van der Waals surface area contributed by atoms with Gasteiger partial charge in [0.1, 0.15) is 5.82 Å². The van der Waals surface area contributed by atoms with E-state index in [1.165, 1.54) is 6.20 Å². The molecule has 1 aliphatic carbocycles. The van der Waals surface area contributed by atoms with E-state index >= 15 is 0 Å². The van der Waals surface area contributed by atoms with E-state index in [9.17, 15) is 18.0 Å². The number of ether oxygens (including phenoxy) is 2. The van der Waals surface area contributed by atoms with Gasteiger partial charge in [0.25, 0.3) is 0 Å². The number of hydrogen-bond acceptors (Lipinski definition) is 6. The van der Waals surface area contributed by atoms with Crippen molar-refractivity contribution in [1.29, 1.82) is 0 Å². The van der Waals surface area contributed by atoms with Gasteiger partial charge in [0, 0.05) is 58.2 Å². The molecule has 34 heavy (non-hydrogen) atoms. The first kappa shape index (κ1) is 25.2. The molecule has 7 nitrogen and oxygen atoms in total. The van der Waals surface area contributed by atoms with Gasteiger partial charge in [-0.25, -0.2) is 4.98 Å². The Hall–Kier alpha value is -1.91. The molecule has 4 rings (SSSR count). The Morgan fingerprint density at radius 1 is 1.29 bits per heavy atom. The maximum absolute atomic E-state index is 13.7. The summed E-state index contributed by atoms with van der Waals surface area (Å²) in [6.07, 6.45) is 0.191. The van der Waals surface area contributed by atoms with Gasteiger partial charge < -0.3 is 24.6 Å². The largest absolute Gasteiger partial charge is 0.416 e. The molecule has 2 unspecified atom stereocenters. The van der Waals surface area contributed by atoms with Crippen LogP contribution in [0, 0.1) is 11.3 Å². The third-order valence-corrected chi connectivity index (χ3v) is 7.54. The molecule has 1 saturated carbocycles. The molecule has 3 aliphatic rings. The number of aromatic nitrogens is 1. The van der Waals surface area contributed by atoms with Gasteiger partial charge in [0.05, 0.1) is 24.2 Å². The minimum Gasteiger partial charge on any atom is -0.384 e. The van der Waals surface area contributed by atoms with Crippen molar-refractivity contribution in [1.82, 2.24) is 15.2 Å². The van der Waals surface area contributed by atoms with Gasteiger partial charge in [-0.3, -0.25) is 4.79 Å². The Morgan fingerprint density at radius 3 is 2.74 bits per heavy atom. The zero-order chi connectivity index (χ0) is 24.3. The fraction of sp³-hybridized carbons (Fsp3) is 0.750. The van der Waals surface area contributed by atoms with Gasteiger partial charge in [0.15, 0.2) is 0 Å². The van der Waals surface area contributed by atoms with Crippen molar-refractivity contribution in [2.24, 2.45) is 11.3 Å². The van der Waals surface area contributed by atoms with E-state index in [4.69, 9.17) is 9.47 Å². The molecule has 1 amide bonds. The van der Waals surface area contributed by atoms with Gasteiger partial charge >= 0.3 is 6.18 Å². The maximum Gasteiger partial charge on any atom is 0.416 e. The summed E-state index contributed by atoms with van der Waals surface area (Å²) < 4.78 is 50.3. The summed E-state index contributed by atoms with van der Waals surface area (Å²) >= 11 is 0. The lowest BCUT2D eigenvalue weighted by Gasteiger charge is -2.40. The Morgan fingerprint density at radius 2 is 2.06 bits per heavy atom. The SMILES string of the molecule is COC[C@]1(C(=O)N2CCN(c3cc(C(F)(F)F)ccn3)CC2)CC[C@@H](NC2CCOCC2C)C1. The summed E-state index contributed by atoms with van der Waals surface area (Å²) in [6, 6.07) is 2.72. The second-order valence-electron chi connectivity index (χ2n) is 9.95. The van der Waals surface area contributed by atoms with E-state index in [-0.39, 0.29) is 11.9 Å². The van der Waals surface area contributed by atoms with Crippen molar-refractivity contribution >= 4 is 11.7 Å². The molecule has 1 aromatic heterocycles. The first-order valence-corrected chi connectivity index (χ1v) is 12.1. The summed E-state index contributed by atoms with van der Waals surface area (Å²) in [5, 5.41) is 3.77.